The molecule has 0 aromatic heterocycles. The molecule has 1 N–H and O–H groups in total. The molecule has 0 bridgehead atoms. The zero-order valence-electron chi connectivity index (χ0n) is 15.7. The summed E-state index contributed by atoms with van der Waals surface area (Å²) in [6.07, 6.45) is 0. The lowest BCUT2D eigenvalue weighted by Crippen LogP contribution is -2.36. The predicted molar refractivity (Wildman–Crippen MR) is 101 cm³/mol. The van der Waals surface area contributed by atoms with Crippen molar-refractivity contribution >= 4 is 16.0 Å². The Morgan fingerprint density at radius 1 is 1.07 bits per heavy atom. The molecule has 0 aliphatic rings. The Bertz CT molecular complexity index is 893. The van der Waals surface area contributed by atoms with Crippen LogP contribution in [0.3, 0.4) is 0 Å². The lowest BCUT2D eigenvalue weighted by molar-refractivity contribution is 0.0599. The van der Waals surface area contributed by atoms with E-state index in [1.54, 1.807) is 51.3 Å². The second-order valence-corrected chi connectivity index (χ2v) is 7.69. The zero-order valence-corrected chi connectivity index (χ0v) is 16.5. The van der Waals surface area contributed by atoms with Crippen LogP contribution in [0.1, 0.15) is 22.8 Å². The Morgan fingerprint density at radius 2 is 1.70 bits per heavy atom. The predicted octanol–water partition coefficient (Wildman–Crippen LogP) is 2.54. The topological polar surface area (TPSA) is 90.9 Å². The molecule has 27 heavy (non-hydrogen) atoms. The largest absolute Gasteiger partial charge is 0.497 e. The monoisotopic (exact) mass is 393 g/mol. The molecule has 2 aromatic carbocycles. The van der Waals surface area contributed by atoms with Gasteiger partial charge in [-0.25, -0.2) is 17.9 Å². The quantitative estimate of drug-likeness (QED) is 0.693. The Kier molecular flexibility index (Phi) is 6.81. The van der Waals surface area contributed by atoms with Gasteiger partial charge in [0.05, 0.1) is 30.7 Å². The highest BCUT2D eigenvalue weighted by Gasteiger charge is 2.20. The second-order valence-electron chi connectivity index (χ2n) is 5.98. The summed E-state index contributed by atoms with van der Waals surface area (Å²) in [7, 11) is -0.991. The van der Waals surface area contributed by atoms with Gasteiger partial charge in [-0.15, -0.1) is 0 Å². The summed E-state index contributed by atoms with van der Waals surface area (Å²) in [5.74, 6) is 0.725. The summed E-state index contributed by atoms with van der Waals surface area (Å²) < 4.78 is 43.0. The fourth-order valence-electron chi connectivity index (χ4n) is 2.36. The average Bonchev–Trinajstić information content (AvgIpc) is 2.66. The minimum Gasteiger partial charge on any atom is -0.497 e. The first-order valence-corrected chi connectivity index (χ1v) is 9.73. The maximum atomic E-state index is 12.6. The van der Waals surface area contributed by atoms with Gasteiger partial charge >= 0.3 is 5.97 Å². The van der Waals surface area contributed by atoms with E-state index in [1.165, 1.54) is 19.2 Å². The Hall–Kier alpha value is -2.58. The van der Waals surface area contributed by atoms with E-state index in [-0.39, 0.29) is 17.1 Å². The van der Waals surface area contributed by atoms with Crippen LogP contribution >= 0.6 is 0 Å². The normalized spacial score (nSPS) is 12.3. The number of benzene rings is 2. The highest BCUT2D eigenvalue weighted by molar-refractivity contribution is 7.89. The van der Waals surface area contributed by atoms with Gasteiger partial charge in [-0.05, 0) is 55.8 Å². The van der Waals surface area contributed by atoms with E-state index < -0.39 is 22.0 Å². The lowest BCUT2D eigenvalue weighted by atomic mass is 10.1. The molecule has 0 radical (unpaired) electrons. The van der Waals surface area contributed by atoms with Crippen molar-refractivity contribution in [1.29, 1.82) is 0 Å². The second kappa shape index (κ2) is 8.88. The lowest BCUT2D eigenvalue weighted by Gasteiger charge is -2.16. The van der Waals surface area contributed by atoms with Crippen LogP contribution < -0.4 is 14.2 Å². The Morgan fingerprint density at radius 3 is 2.30 bits per heavy atom. The first-order chi connectivity index (χ1) is 12.8. The molecule has 0 aliphatic carbocycles. The van der Waals surface area contributed by atoms with Gasteiger partial charge in [0.1, 0.15) is 18.1 Å². The van der Waals surface area contributed by atoms with Crippen LogP contribution in [-0.2, 0) is 14.8 Å². The van der Waals surface area contributed by atoms with Crippen LogP contribution in [0, 0.1) is 6.92 Å². The summed E-state index contributed by atoms with van der Waals surface area (Å²) in [6, 6.07) is 10.8. The number of nitrogens with one attached hydrogen (secondary N) is 1. The molecule has 0 saturated heterocycles. The van der Waals surface area contributed by atoms with E-state index in [0.717, 1.165) is 0 Å². The minimum atomic E-state index is -3.81. The summed E-state index contributed by atoms with van der Waals surface area (Å²) in [6.45, 7) is 3.54. The number of rotatable bonds is 8. The van der Waals surface area contributed by atoms with Crippen molar-refractivity contribution in [3.63, 3.8) is 0 Å². The highest BCUT2D eigenvalue weighted by Crippen LogP contribution is 2.18. The third kappa shape index (κ3) is 5.45. The Balaban J connectivity index is 2.05. The molecule has 7 nitrogen and oxygen atoms in total. The molecule has 1 unspecified atom stereocenters. The third-order valence-electron chi connectivity index (χ3n) is 3.84. The molecular weight excluding hydrogens is 370 g/mol. The molecule has 0 amide bonds. The molecule has 146 valence electrons. The molecule has 0 fully saturated rings. The fourth-order valence-corrected chi connectivity index (χ4v) is 3.61. The number of carbonyl (C=O) groups excluding carboxylic acids is 1. The van der Waals surface area contributed by atoms with E-state index in [1.807, 2.05) is 0 Å². The number of ether oxygens (including phenoxy) is 3. The van der Waals surface area contributed by atoms with Gasteiger partial charge in [0, 0.05) is 0 Å². The van der Waals surface area contributed by atoms with Gasteiger partial charge < -0.3 is 14.2 Å². The van der Waals surface area contributed by atoms with Crippen molar-refractivity contribution in [3.8, 4) is 11.5 Å². The van der Waals surface area contributed by atoms with Crippen molar-refractivity contribution in [1.82, 2.24) is 4.72 Å². The summed E-state index contributed by atoms with van der Waals surface area (Å²) >= 11 is 0. The van der Waals surface area contributed by atoms with E-state index in [4.69, 9.17) is 9.47 Å². The van der Waals surface area contributed by atoms with Gasteiger partial charge in [0.25, 0.3) is 0 Å². The number of hydrogen-bond donors (Lipinski definition) is 1. The van der Waals surface area contributed by atoms with E-state index in [2.05, 4.69) is 9.46 Å². The number of aryl methyl sites for hydroxylation is 1. The van der Waals surface area contributed by atoms with E-state index in [9.17, 15) is 13.2 Å². The molecule has 0 heterocycles. The van der Waals surface area contributed by atoms with Crippen LogP contribution in [0.2, 0.25) is 0 Å². The van der Waals surface area contributed by atoms with Gasteiger partial charge in [-0.3, -0.25) is 0 Å². The van der Waals surface area contributed by atoms with Gasteiger partial charge in [0.15, 0.2) is 0 Å². The molecule has 0 aliphatic heterocycles. The molecule has 1 atom stereocenters. The number of methoxy groups -OCH3 is 2. The summed E-state index contributed by atoms with van der Waals surface area (Å²) in [4.78, 5) is 11.8. The van der Waals surface area contributed by atoms with E-state index >= 15 is 0 Å². The smallest absolute Gasteiger partial charge is 0.338 e. The van der Waals surface area contributed by atoms with Crippen LogP contribution in [-0.4, -0.2) is 41.3 Å². The van der Waals surface area contributed by atoms with Gasteiger partial charge in [-0.2, -0.15) is 0 Å². The van der Waals surface area contributed by atoms with E-state index in [0.29, 0.717) is 17.1 Å². The van der Waals surface area contributed by atoms with Gasteiger partial charge in [-0.1, -0.05) is 6.07 Å². The standard InChI is InChI=1S/C19H23NO6S/c1-13-5-10-17(11-18(13)19(21)25-4)27(22,23)20-14(2)12-26-16-8-6-15(24-3)7-9-16/h5-11,14,20H,12H2,1-4H3. The maximum Gasteiger partial charge on any atom is 0.338 e. The molecule has 0 saturated carbocycles. The van der Waals surface area contributed by atoms with Crippen molar-refractivity contribution in [2.45, 2.75) is 24.8 Å². The first-order valence-electron chi connectivity index (χ1n) is 8.25. The van der Waals surface area contributed by atoms with Gasteiger partial charge in [0.2, 0.25) is 10.0 Å². The van der Waals surface area contributed by atoms with Crippen molar-refractivity contribution < 1.29 is 27.4 Å². The van der Waals surface area contributed by atoms with Crippen molar-refractivity contribution in [2.75, 3.05) is 20.8 Å². The summed E-state index contributed by atoms with van der Waals surface area (Å²) in [5, 5.41) is 0. The molecule has 8 heteroatoms. The molecule has 0 spiro atoms. The fraction of sp³-hybridized carbons (Fsp3) is 0.316. The van der Waals surface area contributed by atoms with Crippen molar-refractivity contribution in [2.24, 2.45) is 0 Å². The number of hydrogen-bond acceptors (Lipinski definition) is 6. The number of esters is 1. The van der Waals surface area contributed by atoms with Crippen molar-refractivity contribution in [3.05, 3.63) is 53.6 Å². The van der Waals surface area contributed by atoms with Crippen LogP contribution in [0.4, 0.5) is 0 Å². The maximum absolute atomic E-state index is 12.6. The molecular formula is C19H23NO6S. The van der Waals surface area contributed by atoms with Crippen LogP contribution in [0.5, 0.6) is 11.5 Å². The summed E-state index contributed by atoms with van der Waals surface area (Å²) in [5.41, 5.74) is 0.846. The zero-order chi connectivity index (χ0) is 20.0. The SMILES string of the molecule is COC(=O)c1cc(S(=O)(=O)NC(C)COc2ccc(OC)cc2)ccc1C. The molecule has 2 aromatic rings. The van der Waals surface area contributed by atoms with Crippen LogP contribution in [0.15, 0.2) is 47.4 Å². The average molecular weight is 393 g/mol. The molecule has 2 rings (SSSR count). The first kappa shape index (κ1) is 20.7. The Labute approximate surface area is 159 Å². The number of sulfonamides is 1. The minimum absolute atomic E-state index is 0.00945. The third-order valence-corrected chi connectivity index (χ3v) is 5.43. The van der Waals surface area contributed by atoms with Crippen LogP contribution in [0.25, 0.3) is 0 Å². The highest BCUT2D eigenvalue weighted by atomic mass is 32.2. The number of carbonyl (C=O) groups is 1.